The second-order valence-electron chi connectivity index (χ2n) is 13.5. The van der Waals surface area contributed by atoms with E-state index in [0.717, 1.165) is 47.3 Å². The van der Waals surface area contributed by atoms with Crippen LogP contribution in [0.4, 0.5) is 0 Å². The fraction of sp³-hybridized carbons (Fsp3) is 0.933. The minimum Gasteiger partial charge on any atom is -0.0845 e. The molecule has 0 radical (unpaired) electrons. The summed E-state index contributed by atoms with van der Waals surface area (Å²) in [6, 6.07) is 0. The molecule has 0 saturated heterocycles. The van der Waals surface area contributed by atoms with Crippen LogP contribution >= 0.6 is 0 Å². The molecule has 0 heterocycles. The first-order chi connectivity index (χ1) is 14.2. The minimum atomic E-state index is 0.538. The Morgan fingerprint density at radius 3 is 2.37 bits per heavy atom. The molecule has 1 unspecified atom stereocenters. The molecule has 4 aliphatic carbocycles. The maximum absolute atomic E-state index is 2.78. The van der Waals surface area contributed by atoms with E-state index in [1.165, 1.54) is 70.6 Å². The van der Waals surface area contributed by atoms with Crippen molar-refractivity contribution in [3.63, 3.8) is 0 Å². The zero-order valence-electron chi connectivity index (χ0n) is 21.5. The molecule has 0 aromatic heterocycles. The van der Waals surface area contributed by atoms with Gasteiger partial charge in [-0.05, 0) is 110 Å². The number of hydrogen-bond donors (Lipinski definition) is 0. The lowest BCUT2D eigenvalue weighted by Crippen LogP contribution is -2.50. The van der Waals surface area contributed by atoms with Crippen molar-refractivity contribution in [2.24, 2.45) is 58.2 Å². The Morgan fingerprint density at radius 1 is 0.900 bits per heavy atom. The van der Waals surface area contributed by atoms with E-state index in [-0.39, 0.29) is 0 Å². The van der Waals surface area contributed by atoms with E-state index in [4.69, 9.17) is 0 Å². The molecular weight excluding hydrogens is 360 g/mol. The Morgan fingerprint density at radius 2 is 1.67 bits per heavy atom. The summed E-state index contributed by atoms with van der Waals surface area (Å²) in [4.78, 5) is 0. The van der Waals surface area contributed by atoms with Gasteiger partial charge in [0.25, 0.3) is 0 Å². The Kier molecular flexibility index (Phi) is 6.56. The fourth-order valence-corrected chi connectivity index (χ4v) is 9.28. The molecule has 3 fully saturated rings. The van der Waals surface area contributed by atoms with Crippen molar-refractivity contribution in [1.29, 1.82) is 0 Å². The zero-order valence-corrected chi connectivity index (χ0v) is 21.5. The molecule has 0 spiro atoms. The van der Waals surface area contributed by atoms with Gasteiger partial charge in [-0.3, -0.25) is 0 Å². The number of allylic oxidation sites excluding steroid dienone is 2. The molecule has 0 N–H and O–H groups in total. The van der Waals surface area contributed by atoms with Gasteiger partial charge in [-0.2, -0.15) is 0 Å². The van der Waals surface area contributed by atoms with Gasteiger partial charge in [0.05, 0.1) is 0 Å². The summed E-state index contributed by atoms with van der Waals surface area (Å²) in [5, 5.41) is 0. The van der Waals surface area contributed by atoms with Crippen LogP contribution in [-0.2, 0) is 0 Å². The maximum atomic E-state index is 2.78. The van der Waals surface area contributed by atoms with Crippen molar-refractivity contribution in [3.05, 3.63) is 11.6 Å². The standard InChI is InChI=1S/C30H52/c1-20(2)9-8-10-22(5)26-13-14-27-25-12-11-24-19-23(21(3)4)15-17-29(24,6)28(25)16-18-30(26,27)7/h11,20-23,25-28H,8-10,12-19H2,1-7H3/t22-,23?,25+,26-,27+,28+,29+,30-/m1/s1. The van der Waals surface area contributed by atoms with Gasteiger partial charge in [0, 0.05) is 0 Å². The normalized spacial score (nSPS) is 44.4. The second-order valence-corrected chi connectivity index (χ2v) is 13.5. The molecule has 4 rings (SSSR count). The van der Waals surface area contributed by atoms with Crippen LogP contribution in [0.25, 0.3) is 0 Å². The topological polar surface area (TPSA) is 0 Å². The number of rotatable bonds is 6. The highest BCUT2D eigenvalue weighted by Crippen LogP contribution is 2.67. The van der Waals surface area contributed by atoms with E-state index in [1.807, 2.05) is 5.57 Å². The monoisotopic (exact) mass is 412 g/mol. The molecule has 0 nitrogen and oxygen atoms in total. The van der Waals surface area contributed by atoms with Gasteiger partial charge in [-0.1, -0.05) is 79.4 Å². The van der Waals surface area contributed by atoms with Crippen LogP contribution in [0.3, 0.4) is 0 Å². The Balaban J connectivity index is 1.48. The first-order valence-electron chi connectivity index (χ1n) is 13.9. The predicted molar refractivity (Wildman–Crippen MR) is 131 cm³/mol. The Hall–Kier alpha value is -0.260. The van der Waals surface area contributed by atoms with Crippen LogP contribution in [0.2, 0.25) is 0 Å². The van der Waals surface area contributed by atoms with E-state index >= 15 is 0 Å². The average molecular weight is 413 g/mol. The average Bonchev–Trinajstić information content (AvgIpc) is 3.04. The SMILES string of the molecule is CC(C)CCC[C@@H](C)[C@H]1CC[C@H]2[C@@H]3CC=C4CC(C(C)C)CC[C@]4(C)[C@H]3CC[C@]12C. The third kappa shape index (κ3) is 3.85. The quantitative estimate of drug-likeness (QED) is 0.381. The van der Waals surface area contributed by atoms with Crippen LogP contribution < -0.4 is 0 Å². The summed E-state index contributed by atoms with van der Waals surface area (Å²) in [5.41, 5.74) is 3.06. The lowest BCUT2D eigenvalue weighted by Gasteiger charge is -2.59. The highest BCUT2D eigenvalue weighted by molar-refractivity contribution is 5.25. The molecule has 0 heteroatoms. The summed E-state index contributed by atoms with van der Waals surface area (Å²) in [7, 11) is 0. The van der Waals surface area contributed by atoms with Gasteiger partial charge < -0.3 is 0 Å². The Bertz CT molecular complexity index is 626. The van der Waals surface area contributed by atoms with Crippen LogP contribution in [0.1, 0.15) is 119 Å². The fourth-order valence-electron chi connectivity index (χ4n) is 9.28. The molecule has 0 amide bonds. The van der Waals surface area contributed by atoms with Gasteiger partial charge in [-0.15, -0.1) is 0 Å². The molecule has 3 saturated carbocycles. The largest absolute Gasteiger partial charge is 0.0845 e. The smallest absolute Gasteiger partial charge is 0.00851 e. The van der Waals surface area contributed by atoms with Crippen LogP contribution in [0.5, 0.6) is 0 Å². The molecular formula is C30H52. The minimum absolute atomic E-state index is 0.538. The van der Waals surface area contributed by atoms with Crippen molar-refractivity contribution < 1.29 is 0 Å². The van der Waals surface area contributed by atoms with Gasteiger partial charge in [0.15, 0.2) is 0 Å². The van der Waals surface area contributed by atoms with Crippen molar-refractivity contribution in [1.82, 2.24) is 0 Å². The predicted octanol–water partition coefficient (Wildman–Crippen LogP) is 9.30. The zero-order chi connectivity index (χ0) is 21.7. The summed E-state index contributed by atoms with van der Waals surface area (Å²) >= 11 is 0. The van der Waals surface area contributed by atoms with Gasteiger partial charge >= 0.3 is 0 Å². The molecule has 172 valence electrons. The number of hydrogen-bond acceptors (Lipinski definition) is 0. The summed E-state index contributed by atoms with van der Waals surface area (Å²) in [6.45, 7) is 17.7. The van der Waals surface area contributed by atoms with Crippen molar-refractivity contribution in [3.8, 4) is 0 Å². The lowest BCUT2D eigenvalue weighted by atomic mass is 9.46. The van der Waals surface area contributed by atoms with E-state index in [1.54, 1.807) is 0 Å². The van der Waals surface area contributed by atoms with E-state index < -0.39 is 0 Å². The summed E-state index contributed by atoms with van der Waals surface area (Å²) in [6.07, 6.45) is 19.0. The summed E-state index contributed by atoms with van der Waals surface area (Å²) < 4.78 is 0. The van der Waals surface area contributed by atoms with Crippen LogP contribution in [0, 0.1) is 58.2 Å². The van der Waals surface area contributed by atoms with Crippen molar-refractivity contribution in [2.75, 3.05) is 0 Å². The molecule has 8 atom stereocenters. The molecule has 4 aliphatic rings. The van der Waals surface area contributed by atoms with Crippen molar-refractivity contribution in [2.45, 2.75) is 119 Å². The maximum Gasteiger partial charge on any atom is -0.00851 e. The van der Waals surface area contributed by atoms with Gasteiger partial charge in [0.1, 0.15) is 0 Å². The Labute approximate surface area is 189 Å². The first-order valence-corrected chi connectivity index (χ1v) is 13.9. The highest BCUT2D eigenvalue weighted by Gasteiger charge is 2.59. The molecule has 0 bridgehead atoms. The third-order valence-electron chi connectivity index (χ3n) is 11.3. The van der Waals surface area contributed by atoms with Gasteiger partial charge in [0.2, 0.25) is 0 Å². The van der Waals surface area contributed by atoms with E-state index in [2.05, 4.69) is 54.5 Å². The van der Waals surface area contributed by atoms with E-state index in [9.17, 15) is 0 Å². The lowest BCUT2D eigenvalue weighted by molar-refractivity contribution is -0.0538. The molecule has 0 aromatic rings. The number of fused-ring (bicyclic) bond motifs is 5. The second kappa shape index (κ2) is 8.59. The third-order valence-corrected chi connectivity index (χ3v) is 11.3. The first kappa shape index (κ1) is 22.9. The highest BCUT2D eigenvalue weighted by atomic mass is 14.6. The summed E-state index contributed by atoms with van der Waals surface area (Å²) in [5.74, 6) is 7.57. The van der Waals surface area contributed by atoms with Crippen LogP contribution in [-0.4, -0.2) is 0 Å². The van der Waals surface area contributed by atoms with Gasteiger partial charge in [-0.25, -0.2) is 0 Å². The van der Waals surface area contributed by atoms with Crippen LogP contribution in [0.15, 0.2) is 11.6 Å². The molecule has 0 aliphatic heterocycles. The molecule has 0 aromatic carbocycles. The molecule has 30 heavy (non-hydrogen) atoms. The van der Waals surface area contributed by atoms with E-state index in [0.29, 0.717) is 10.8 Å². The van der Waals surface area contributed by atoms with Crippen molar-refractivity contribution >= 4 is 0 Å².